The minimum absolute atomic E-state index is 0.271. The molecule has 25 heavy (non-hydrogen) atoms. The minimum atomic E-state index is -0.630. The van der Waals surface area contributed by atoms with Crippen LogP contribution in [0.3, 0.4) is 0 Å². The fourth-order valence-corrected chi connectivity index (χ4v) is 3.14. The summed E-state index contributed by atoms with van der Waals surface area (Å²) in [5, 5.41) is 5.60. The van der Waals surface area contributed by atoms with E-state index in [2.05, 4.69) is 31.5 Å². The third-order valence-electron chi connectivity index (χ3n) is 3.52. The van der Waals surface area contributed by atoms with Crippen LogP contribution in [0.2, 0.25) is 0 Å². The van der Waals surface area contributed by atoms with Crippen molar-refractivity contribution in [1.29, 1.82) is 0 Å². The molecule has 2 amide bonds. The number of thioether (sulfide) groups is 1. The van der Waals surface area contributed by atoms with Crippen LogP contribution in [-0.2, 0) is 4.79 Å². The molecule has 0 aliphatic rings. The maximum Gasteiger partial charge on any atom is 0.253 e. The monoisotopic (exact) mass is 421 g/mol. The third-order valence-corrected chi connectivity index (χ3v) is 4.85. The molecule has 0 aliphatic heterocycles. The first-order valence-electron chi connectivity index (χ1n) is 7.79. The molecule has 0 saturated heterocycles. The van der Waals surface area contributed by atoms with Gasteiger partial charge in [0.05, 0.1) is 5.56 Å². The standard InChI is InChI=1S/C18H20BrN3O2S/c1-12-7-9-20-16(11-12)22-18(24)15(8-10-25-2)21-17(23)13-5-3-4-6-14(13)19/h3-7,9,11,15H,8,10H2,1-2H3,(H,21,23)(H,20,22,24). The van der Waals surface area contributed by atoms with Crippen LogP contribution in [-0.4, -0.2) is 34.8 Å². The highest BCUT2D eigenvalue weighted by molar-refractivity contribution is 9.10. The highest BCUT2D eigenvalue weighted by atomic mass is 79.9. The quantitative estimate of drug-likeness (QED) is 0.715. The summed E-state index contributed by atoms with van der Waals surface area (Å²) in [6.07, 6.45) is 4.14. The number of aryl methyl sites for hydroxylation is 1. The Balaban J connectivity index is 2.10. The molecule has 5 nitrogen and oxygen atoms in total. The second-order valence-corrected chi connectivity index (χ2v) is 7.33. The Morgan fingerprint density at radius 2 is 2.04 bits per heavy atom. The molecule has 0 aliphatic carbocycles. The van der Waals surface area contributed by atoms with Gasteiger partial charge in [-0.2, -0.15) is 11.8 Å². The number of nitrogens with one attached hydrogen (secondary N) is 2. The molecule has 1 aromatic carbocycles. The summed E-state index contributed by atoms with van der Waals surface area (Å²) in [5.74, 6) is 0.683. The molecule has 7 heteroatoms. The van der Waals surface area contributed by atoms with Crippen molar-refractivity contribution in [2.75, 3.05) is 17.3 Å². The van der Waals surface area contributed by atoms with Gasteiger partial charge in [0.25, 0.3) is 5.91 Å². The van der Waals surface area contributed by atoms with Gasteiger partial charge in [-0.15, -0.1) is 0 Å². The smallest absolute Gasteiger partial charge is 0.253 e. The molecular formula is C18H20BrN3O2S. The number of halogens is 1. The van der Waals surface area contributed by atoms with Crippen LogP contribution in [0.5, 0.6) is 0 Å². The van der Waals surface area contributed by atoms with Crippen molar-refractivity contribution in [3.63, 3.8) is 0 Å². The van der Waals surface area contributed by atoms with E-state index in [1.165, 1.54) is 0 Å². The molecule has 0 fully saturated rings. The Hall–Kier alpha value is -1.86. The van der Waals surface area contributed by atoms with Crippen LogP contribution < -0.4 is 10.6 Å². The van der Waals surface area contributed by atoms with Gasteiger partial charge in [0.1, 0.15) is 11.9 Å². The molecule has 1 atom stereocenters. The maximum absolute atomic E-state index is 12.6. The lowest BCUT2D eigenvalue weighted by atomic mass is 10.1. The molecule has 2 N–H and O–H groups in total. The van der Waals surface area contributed by atoms with Crippen LogP contribution in [0.25, 0.3) is 0 Å². The number of hydrogen-bond acceptors (Lipinski definition) is 4. The van der Waals surface area contributed by atoms with Gasteiger partial charge < -0.3 is 10.6 Å². The van der Waals surface area contributed by atoms with Crippen molar-refractivity contribution in [2.24, 2.45) is 0 Å². The molecule has 0 bridgehead atoms. The van der Waals surface area contributed by atoms with Crippen molar-refractivity contribution in [1.82, 2.24) is 10.3 Å². The van der Waals surface area contributed by atoms with E-state index in [4.69, 9.17) is 0 Å². The topological polar surface area (TPSA) is 71.1 Å². The van der Waals surface area contributed by atoms with Gasteiger partial charge in [-0.05, 0) is 71.1 Å². The number of rotatable bonds is 7. The number of hydrogen-bond donors (Lipinski definition) is 2. The van der Waals surface area contributed by atoms with E-state index in [1.807, 2.05) is 25.3 Å². The largest absolute Gasteiger partial charge is 0.340 e. The molecule has 2 aromatic rings. The molecule has 1 unspecified atom stereocenters. The zero-order valence-corrected chi connectivity index (χ0v) is 16.5. The Bertz CT molecular complexity index is 755. The summed E-state index contributed by atoms with van der Waals surface area (Å²) in [4.78, 5) is 29.2. The van der Waals surface area contributed by atoms with Crippen molar-refractivity contribution >= 4 is 45.3 Å². The van der Waals surface area contributed by atoms with E-state index in [1.54, 1.807) is 42.2 Å². The Morgan fingerprint density at radius 1 is 1.28 bits per heavy atom. The summed E-state index contributed by atoms with van der Waals surface area (Å²) in [6, 6.07) is 10.1. The van der Waals surface area contributed by atoms with Crippen molar-refractivity contribution in [3.05, 3.63) is 58.2 Å². The number of pyridine rings is 1. The highest BCUT2D eigenvalue weighted by Gasteiger charge is 2.22. The molecule has 0 saturated carbocycles. The second-order valence-electron chi connectivity index (χ2n) is 5.50. The molecule has 1 heterocycles. The van der Waals surface area contributed by atoms with Gasteiger partial charge in [0.15, 0.2) is 0 Å². The number of benzene rings is 1. The van der Waals surface area contributed by atoms with Gasteiger partial charge in [-0.1, -0.05) is 12.1 Å². The Labute approximate surface area is 160 Å². The molecule has 2 rings (SSSR count). The average Bonchev–Trinajstić information content (AvgIpc) is 2.58. The SMILES string of the molecule is CSCCC(NC(=O)c1ccccc1Br)C(=O)Nc1cc(C)ccn1. The van der Waals surface area contributed by atoms with E-state index in [0.29, 0.717) is 22.3 Å². The van der Waals surface area contributed by atoms with E-state index in [-0.39, 0.29) is 11.8 Å². The van der Waals surface area contributed by atoms with Gasteiger partial charge >= 0.3 is 0 Å². The first-order chi connectivity index (χ1) is 12.0. The molecule has 0 radical (unpaired) electrons. The second kappa shape index (κ2) is 9.58. The molecule has 0 spiro atoms. The van der Waals surface area contributed by atoms with E-state index >= 15 is 0 Å². The van der Waals surface area contributed by atoms with Crippen molar-refractivity contribution in [3.8, 4) is 0 Å². The lowest BCUT2D eigenvalue weighted by Gasteiger charge is -2.18. The number of carbonyl (C=O) groups excluding carboxylic acids is 2. The maximum atomic E-state index is 12.6. The number of aromatic nitrogens is 1. The minimum Gasteiger partial charge on any atom is -0.340 e. The number of nitrogens with zero attached hydrogens (tertiary/aromatic N) is 1. The fraction of sp³-hybridized carbons (Fsp3) is 0.278. The van der Waals surface area contributed by atoms with Crippen LogP contribution in [0, 0.1) is 6.92 Å². The number of anilines is 1. The Kier molecular flexibility index (Phi) is 7.46. The van der Waals surface area contributed by atoms with E-state index in [0.717, 1.165) is 11.3 Å². The zero-order valence-electron chi connectivity index (χ0n) is 14.1. The predicted molar refractivity (Wildman–Crippen MR) is 106 cm³/mol. The van der Waals surface area contributed by atoms with Crippen molar-refractivity contribution < 1.29 is 9.59 Å². The molecular weight excluding hydrogens is 402 g/mol. The highest BCUT2D eigenvalue weighted by Crippen LogP contribution is 2.16. The first kappa shape index (κ1) is 19.5. The third kappa shape index (κ3) is 5.86. The number of amides is 2. The summed E-state index contributed by atoms with van der Waals surface area (Å²) in [6.45, 7) is 1.93. The van der Waals surface area contributed by atoms with E-state index < -0.39 is 6.04 Å². The van der Waals surface area contributed by atoms with Gasteiger partial charge in [-0.3, -0.25) is 9.59 Å². The van der Waals surface area contributed by atoms with Gasteiger partial charge in [0, 0.05) is 10.7 Å². The van der Waals surface area contributed by atoms with Crippen LogP contribution in [0.15, 0.2) is 47.1 Å². The fourth-order valence-electron chi connectivity index (χ4n) is 2.20. The number of carbonyl (C=O) groups is 2. The van der Waals surface area contributed by atoms with Gasteiger partial charge in [-0.25, -0.2) is 4.98 Å². The summed E-state index contributed by atoms with van der Waals surface area (Å²) in [5.41, 5.74) is 1.50. The van der Waals surface area contributed by atoms with Crippen LogP contribution >= 0.6 is 27.7 Å². The summed E-state index contributed by atoms with van der Waals surface area (Å²) in [7, 11) is 0. The average molecular weight is 422 g/mol. The Morgan fingerprint density at radius 3 is 2.72 bits per heavy atom. The lowest BCUT2D eigenvalue weighted by molar-refractivity contribution is -0.118. The predicted octanol–water partition coefficient (Wildman–Crippen LogP) is 3.64. The summed E-state index contributed by atoms with van der Waals surface area (Å²) >= 11 is 4.99. The van der Waals surface area contributed by atoms with Gasteiger partial charge in [0.2, 0.25) is 5.91 Å². The first-order valence-corrected chi connectivity index (χ1v) is 9.98. The van der Waals surface area contributed by atoms with Crippen LogP contribution in [0.4, 0.5) is 5.82 Å². The molecule has 1 aromatic heterocycles. The molecule has 132 valence electrons. The van der Waals surface area contributed by atoms with Crippen molar-refractivity contribution in [2.45, 2.75) is 19.4 Å². The summed E-state index contributed by atoms with van der Waals surface area (Å²) < 4.78 is 0.692. The zero-order chi connectivity index (χ0) is 18.2. The normalized spacial score (nSPS) is 11.6. The van der Waals surface area contributed by atoms with Crippen LogP contribution in [0.1, 0.15) is 22.3 Å². The van der Waals surface area contributed by atoms with E-state index in [9.17, 15) is 9.59 Å². The lowest BCUT2D eigenvalue weighted by Crippen LogP contribution is -2.44.